The molecule has 11 heteroatoms. The lowest BCUT2D eigenvalue weighted by Gasteiger charge is -2.08. The fraction of sp³-hybridized carbons (Fsp3) is 0.231. The summed E-state index contributed by atoms with van der Waals surface area (Å²) in [5, 5.41) is 28.4. The molecule has 1 N–H and O–H groups in total. The van der Waals surface area contributed by atoms with Crippen LogP contribution in [0.4, 0.5) is 11.4 Å². The quantitative estimate of drug-likeness (QED) is 0.587. The Balaban J connectivity index is 2.24. The van der Waals surface area contributed by atoms with Gasteiger partial charge in [0.05, 0.1) is 44.4 Å². The summed E-state index contributed by atoms with van der Waals surface area (Å²) < 4.78 is 2.37. The predicted molar refractivity (Wildman–Crippen MR) is 86.5 cm³/mol. The normalized spacial score (nSPS) is 10.4. The van der Waals surface area contributed by atoms with Gasteiger partial charge >= 0.3 is 0 Å². The molecule has 0 bridgehead atoms. The Labute approximate surface area is 143 Å². The molecule has 2 rings (SSSR count). The Kier molecular flexibility index (Phi) is 5.24. The first-order chi connectivity index (χ1) is 11.3. The molecule has 0 aliphatic carbocycles. The van der Waals surface area contributed by atoms with Crippen LogP contribution in [0.25, 0.3) is 0 Å². The number of nitro benzene ring substituents is 2. The van der Waals surface area contributed by atoms with Crippen molar-refractivity contribution in [2.45, 2.75) is 20.0 Å². The van der Waals surface area contributed by atoms with Crippen LogP contribution in [0.5, 0.6) is 0 Å². The number of nitrogens with zero attached hydrogens (tertiary/aromatic N) is 4. The molecular formula is C13H12BrN5O5. The summed E-state index contributed by atoms with van der Waals surface area (Å²) >= 11 is 3.31. The number of aromatic nitrogens is 2. The number of carbonyl (C=O) groups is 1. The van der Waals surface area contributed by atoms with Crippen molar-refractivity contribution >= 4 is 33.2 Å². The van der Waals surface area contributed by atoms with Gasteiger partial charge in [-0.2, -0.15) is 5.10 Å². The lowest BCUT2D eigenvalue weighted by Crippen LogP contribution is -2.24. The highest BCUT2D eigenvalue weighted by atomic mass is 79.9. The average molecular weight is 398 g/mol. The smallest absolute Gasteiger partial charge is 0.277 e. The molecule has 1 heterocycles. The number of amides is 1. The molecule has 0 spiro atoms. The first-order valence-electron chi connectivity index (χ1n) is 6.75. The highest BCUT2D eigenvalue weighted by Crippen LogP contribution is 2.23. The van der Waals surface area contributed by atoms with Crippen molar-refractivity contribution in [2.75, 3.05) is 0 Å². The fourth-order valence-corrected chi connectivity index (χ4v) is 2.48. The van der Waals surface area contributed by atoms with Gasteiger partial charge in [-0.25, -0.2) is 0 Å². The van der Waals surface area contributed by atoms with Gasteiger partial charge in [0.15, 0.2) is 0 Å². The molecule has 1 aromatic carbocycles. The molecule has 1 aromatic heterocycles. The van der Waals surface area contributed by atoms with Crippen LogP contribution in [0, 0.1) is 20.2 Å². The van der Waals surface area contributed by atoms with Gasteiger partial charge in [0.25, 0.3) is 17.3 Å². The minimum Gasteiger partial charge on any atom is -0.346 e. The number of nitrogens with one attached hydrogen (secondary N) is 1. The highest BCUT2D eigenvalue weighted by molar-refractivity contribution is 9.10. The number of nitro groups is 2. The Morgan fingerprint density at radius 3 is 2.33 bits per heavy atom. The van der Waals surface area contributed by atoms with Gasteiger partial charge in [0.2, 0.25) is 0 Å². The van der Waals surface area contributed by atoms with Crippen molar-refractivity contribution in [1.82, 2.24) is 15.1 Å². The van der Waals surface area contributed by atoms with E-state index >= 15 is 0 Å². The van der Waals surface area contributed by atoms with Gasteiger partial charge in [-0.3, -0.25) is 29.7 Å². The van der Waals surface area contributed by atoms with E-state index < -0.39 is 27.1 Å². The van der Waals surface area contributed by atoms with Crippen LogP contribution in [0.3, 0.4) is 0 Å². The number of carbonyl (C=O) groups excluding carboxylic acids is 1. The van der Waals surface area contributed by atoms with E-state index in [1.54, 1.807) is 10.9 Å². The molecule has 1 amide bonds. The Hall–Kier alpha value is -2.82. The highest BCUT2D eigenvalue weighted by Gasteiger charge is 2.20. The van der Waals surface area contributed by atoms with Gasteiger partial charge in [-0.05, 0) is 22.9 Å². The van der Waals surface area contributed by atoms with Gasteiger partial charge in [0, 0.05) is 18.7 Å². The predicted octanol–water partition coefficient (Wildman–Crippen LogP) is 2.41. The van der Waals surface area contributed by atoms with Crippen LogP contribution in [-0.2, 0) is 13.1 Å². The van der Waals surface area contributed by atoms with E-state index in [9.17, 15) is 25.0 Å². The number of hydrogen-bond acceptors (Lipinski definition) is 6. The number of rotatable bonds is 6. The van der Waals surface area contributed by atoms with Crippen molar-refractivity contribution in [3.63, 3.8) is 0 Å². The molecule has 0 fully saturated rings. The van der Waals surface area contributed by atoms with Crippen molar-refractivity contribution < 1.29 is 14.6 Å². The zero-order valence-electron chi connectivity index (χ0n) is 12.4. The minimum absolute atomic E-state index is 0.115. The van der Waals surface area contributed by atoms with E-state index in [4.69, 9.17) is 0 Å². The summed E-state index contributed by atoms with van der Waals surface area (Å²) in [6.45, 7) is 2.59. The largest absolute Gasteiger partial charge is 0.346 e. The van der Waals surface area contributed by atoms with Crippen molar-refractivity contribution in [3.05, 3.63) is 60.4 Å². The van der Waals surface area contributed by atoms with Crippen LogP contribution >= 0.6 is 15.9 Å². The summed E-state index contributed by atoms with van der Waals surface area (Å²) in [4.78, 5) is 32.3. The van der Waals surface area contributed by atoms with Gasteiger partial charge in [0.1, 0.15) is 0 Å². The second-order valence-corrected chi connectivity index (χ2v) is 5.54. The zero-order valence-corrected chi connectivity index (χ0v) is 14.0. The number of halogens is 1. The Bertz CT molecular complexity index is 787. The Morgan fingerprint density at radius 1 is 1.25 bits per heavy atom. The summed E-state index contributed by atoms with van der Waals surface area (Å²) in [6.07, 6.45) is 1.59. The molecule has 2 aromatic rings. The second kappa shape index (κ2) is 7.17. The van der Waals surface area contributed by atoms with Gasteiger partial charge in [-0.1, -0.05) is 0 Å². The lowest BCUT2D eigenvalue weighted by atomic mass is 10.1. The molecule has 24 heavy (non-hydrogen) atoms. The topological polar surface area (TPSA) is 133 Å². The maximum Gasteiger partial charge on any atom is 0.277 e. The number of benzene rings is 1. The molecule has 0 radical (unpaired) electrons. The van der Waals surface area contributed by atoms with Gasteiger partial charge < -0.3 is 5.32 Å². The van der Waals surface area contributed by atoms with E-state index in [-0.39, 0.29) is 12.1 Å². The summed E-state index contributed by atoms with van der Waals surface area (Å²) in [5.74, 6) is -0.655. The Morgan fingerprint density at radius 2 is 1.83 bits per heavy atom. The van der Waals surface area contributed by atoms with E-state index in [0.717, 1.165) is 18.2 Å². The molecule has 0 saturated carbocycles. The third kappa shape index (κ3) is 3.74. The maximum absolute atomic E-state index is 12.2. The van der Waals surface area contributed by atoms with Crippen LogP contribution in [-0.4, -0.2) is 25.5 Å². The molecule has 0 atom stereocenters. The van der Waals surface area contributed by atoms with Crippen LogP contribution < -0.4 is 5.32 Å². The molecule has 0 unspecified atom stereocenters. The molecular weight excluding hydrogens is 386 g/mol. The zero-order chi connectivity index (χ0) is 17.9. The monoisotopic (exact) mass is 397 g/mol. The first kappa shape index (κ1) is 17.5. The molecule has 126 valence electrons. The van der Waals surface area contributed by atoms with Crippen LogP contribution in [0.2, 0.25) is 0 Å². The summed E-state index contributed by atoms with van der Waals surface area (Å²) in [7, 11) is 0. The van der Waals surface area contributed by atoms with Crippen molar-refractivity contribution in [3.8, 4) is 0 Å². The second-order valence-electron chi connectivity index (χ2n) is 4.69. The third-order valence-corrected chi connectivity index (χ3v) is 3.86. The van der Waals surface area contributed by atoms with E-state index in [1.165, 1.54) is 0 Å². The van der Waals surface area contributed by atoms with Crippen LogP contribution in [0.15, 0.2) is 28.9 Å². The molecule has 0 saturated heterocycles. The maximum atomic E-state index is 12.2. The molecule has 0 aliphatic heterocycles. The third-order valence-electron chi connectivity index (χ3n) is 3.20. The van der Waals surface area contributed by atoms with E-state index in [1.807, 2.05) is 6.92 Å². The van der Waals surface area contributed by atoms with Crippen LogP contribution in [0.1, 0.15) is 23.0 Å². The van der Waals surface area contributed by atoms with Crippen molar-refractivity contribution in [2.24, 2.45) is 0 Å². The molecule has 0 aliphatic rings. The number of aryl methyl sites for hydroxylation is 1. The van der Waals surface area contributed by atoms with E-state index in [2.05, 4.69) is 26.3 Å². The minimum atomic E-state index is -0.785. The standard InChI is InChI=1S/C13H12BrN5O5/c1-2-17-12(11(14)6-16-17)7-15-13(20)8-3-9(18(21)22)5-10(4-8)19(23)24/h3-6H,2,7H2,1H3,(H,15,20). The SMILES string of the molecule is CCn1ncc(Br)c1CNC(=O)c1cc([N+](=O)[O-])cc([N+](=O)[O-])c1. The number of non-ortho nitro benzene ring substituents is 2. The summed E-state index contributed by atoms with van der Waals surface area (Å²) in [6, 6.07) is 2.79. The lowest BCUT2D eigenvalue weighted by molar-refractivity contribution is -0.394. The van der Waals surface area contributed by atoms with E-state index in [0.29, 0.717) is 16.7 Å². The van der Waals surface area contributed by atoms with Gasteiger partial charge in [-0.15, -0.1) is 0 Å². The number of hydrogen-bond donors (Lipinski definition) is 1. The van der Waals surface area contributed by atoms with Crippen molar-refractivity contribution in [1.29, 1.82) is 0 Å². The fourth-order valence-electron chi connectivity index (χ4n) is 2.04. The molecule has 10 nitrogen and oxygen atoms in total. The average Bonchev–Trinajstić information content (AvgIpc) is 2.91. The first-order valence-corrected chi connectivity index (χ1v) is 7.55. The summed E-state index contributed by atoms with van der Waals surface area (Å²) in [5.41, 5.74) is -0.483.